The van der Waals surface area contributed by atoms with Gasteiger partial charge in [0.05, 0.1) is 17.1 Å². The topological polar surface area (TPSA) is 56.0 Å². The minimum Gasteiger partial charge on any atom is -0.342 e. The van der Waals surface area contributed by atoms with Crippen molar-refractivity contribution in [3.05, 3.63) is 52.0 Å². The Morgan fingerprint density at radius 2 is 1.96 bits per heavy atom. The third kappa shape index (κ3) is 3.30. The summed E-state index contributed by atoms with van der Waals surface area (Å²) in [5.74, 6) is 1.73. The van der Waals surface area contributed by atoms with Crippen molar-refractivity contribution in [2.45, 2.75) is 37.8 Å². The molecule has 1 atom stereocenters. The maximum atomic E-state index is 4.81. The van der Waals surface area contributed by atoms with E-state index in [1.807, 2.05) is 11.3 Å². The molecule has 1 aromatic carbocycles. The number of rotatable bonds is 4. The maximum absolute atomic E-state index is 4.81. The Labute approximate surface area is 157 Å². The number of nitrogens with zero attached hydrogens (tertiary/aromatic N) is 2. The van der Waals surface area contributed by atoms with Crippen LogP contribution in [0.1, 0.15) is 46.8 Å². The van der Waals surface area contributed by atoms with E-state index in [4.69, 9.17) is 4.98 Å². The lowest BCUT2D eigenvalue weighted by Gasteiger charge is -2.30. The van der Waals surface area contributed by atoms with Crippen LogP contribution in [0.25, 0.3) is 11.0 Å². The van der Waals surface area contributed by atoms with Crippen molar-refractivity contribution in [2.75, 3.05) is 19.6 Å². The van der Waals surface area contributed by atoms with Crippen molar-refractivity contribution in [3.8, 4) is 0 Å². The molecular weight excluding hydrogens is 342 g/mol. The van der Waals surface area contributed by atoms with Gasteiger partial charge in [0, 0.05) is 28.8 Å². The molecule has 0 amide bonds. The summed E-state index contributed by atoms with van der Waals surface area (Å²) >= 11 is 1.96. The zero-order valence-corrected chi connectivity index (χ0v) is 15.7. The van der Waals surface area contributed by atoms with Crippen LogP contribution >= 0.6 is 11.3 Å². The average Bonchev–Trinajstić information content (AvgIpc) is 3.42. The third-order valence-corrected chi connectivity index (χ3v) is 6.81. The fourth-order valence-corrected chi connectivity index (χ4v) is 5.26. The second kappa shape index (κ2) is 7.12. The normalized spacial score (nSPS) is 22.4. The van der Waals surface area contributed by atoms with E-state index in [1.54, 1.807) is 0 Å². The molecule has 136 valence electrons. The standard InChI is InChI=1S/C20H25N5S/c1-2-4-17-16(3-1)22-20(23-17)14-8-11-25(12-9-14)13-15-5-6-19(26-15)18-7-10-21-24-18/h1-6,14,18,21,24H,7-13H2,(H,22,23). The van der Waals surface area contributed by atoms with Crippen molar-refractivity contribution in [2.24, 2.45) is 0 Å². The van der Waals surface area contributed by atoms with Crippen molar-refractivity contribution in [1.29, 1.82) is 0 Å². The van der Waals surface area contributed by atoms with E-state index in [2.05, 4.69) is 57.1 Å². The molecule has 0 spiro atoms. The highest BCUT2D eigenvalue weighted by Gasteiger charge is 2.24. The van der Waals surface area contributed by atoms with E-state index < -0.39 is 0 Å². The van der Waals surface area contributed by atoms with Gasteiger partial charge in [-0.3, -0.25) is 10.3 Å². The number of aromatic nitrogens is 2. The molecule has 0 saturated carbocycles. The van der Waals surface area contributed by atoms with E-state index in [9.17, 15) is 0 Å². The number of piperidine rings is 1. The number of likely N-dealkylation sites (tertiary alicyclic amines) is 1. The highest BCUT2D eigenvalue weighted by Crippen LogP contribution is 2.31. The molecule has 2 aliphatic heterocycles. The van der Waals surface area contributed by atoms with Crippen LogP contribution in [-0.2, 0) is 6.54 Å². The van der Waals surface area contributed by atoms with Gasteiger partial charge in [0.1, 0.15) is 5.82 Å². The van der Waals surface area contributed by atoms with E-state index in [-0.39, 0.29) is 0 Å². The van der Waals surface area contributed by atoms with Gasteiger partial charge in [-0.15, -0.1) is 11.3 Å². The zero-order chi connectivity index (χ0) is 17.3. The number of benzene rings is 1. The molecule has 5 rings (SSSR count). The van der Waals surface area contributed by atoms with Crippen LogP contribution in [0.5, 0.6) is 0 Å². The number of para-hydroxylation sites is 2. The lowest BCUT2D eigenvalue weighted by atomic mass is 9.96. The van der Waals surface area contributed by atoms with E-state index in [1.165, 1.54) is 34.8 Å². The lowest BCUT2D eigenvalue weighted by molar-refractivity contribution is 0.204. The maximum Gasteiger partial charge on any atom is 0.110 e. The fraction of sp³-hybridized carbons (Fsp3) is 0.450. The summed E-state index contributed by atoms with van der Waals surface area (Å²) in [6.07, 6.45) is 3.56. The first-order valence-corrected chi connectivity index (χ1v) is 10.4. The number of H-pyrrole nitrogens is 1. The largest absolute Gasteiger partial charge is 0.342 e. The molecule has 2 saturated heterocycles. The number of imidazole rings is 1. The van der Waals surface area contributed by atoms with E-state index >= 15 is 0 Å². The second-order valence-corrected chi connectivity index (χ2v) is 8.61. The van der Waals surface area contributed by atoms with Gasteiger partial charge in [0.25, 0.3) is 0 Å². The van der Waals surface area contributed by atoms with Gasteiger partial charge in [-0.25, -0.2) is 10.4 Å². The molecule has 5 nitrogen and oxygen atoms in total. The number of hydrazine groups is 1. The molecule has 2 aromatic heterocycles. The van der Waals surface area contributed by atoms with E-state index in [0.717, 1.165) is 37.2 Å². The number of thiophene rings is 1. The Hall–Kier alpha value is -1.73. The summed E-state index contributed by atoms with van der Waals surface area (Å²) in [7, 11) is 0. The van der Waals surface area contributed by atoms with Gasteiger partial charge < -0.3 is 4.98 Å². The SMILES string of the molecule is c1ccc2[nH]c(C3CCN(Cc4ccc(C5CCNN5)s4)CC3)nc2c1. The van der Waals surface area contributed by atoms with Crippen LogP contribution in [0.3, 0.4) is 0 Å². The first-order valence-electron chi connectivity index (χ1n) is 9.59. The van der Waals surface area contributed by atoms with Crippen LogP contribution in [0.4, 0.5) is 0 Å². The molecule has 6 heteroatoms. The number of hydrogen-bond acceptors (Lipinski definition) is 5. The summed E-state index contributed by atoms with van der Waals surface area (Å²) in [4.78, 5) is 13.9. The minimum absolute atomic E-state index is 0.493. The van der Waals surface area contributed by atoms with Crippen LogP contribution in [0, 0.1) is 0 Å². The Morgan fingerprint density at radius 3 is 2.77 bits per heavy atom. The smallest absolute Gasteiger partial charge is 0.110 e. The van der Waals surface area contributed by atoms with Gasteiger partial charge in [-0.1, -0.05) is 12.1 Å². The number of aromatic amines is 1. The van der Waals surface area contributed by atoms with Gasteiger partial charge in [0.2, 0.25) is 0 Å². The summed E-state index contributed by atoms with van der Waals surface area (Å²) in [5.41, 5.74) is 8.84. The summed E-state index contributed by atoms with van der Waals surface area (Å²) in [6, 6.07) is 13.4. The van der Waals surface area contributed by atoms with Crippen molar-refractivity contribution >= 4 is 22.4 Å². The molecule has 2 aliphatic rings. The molecular formula is C20H25N5S. The zero-order valence-electron chi connectivity index (χ0n) is 14.9. The van der Waals surface area contributed by atoms with Crippen LogP contribution in [0.2, 0.25) is 0 Å². The molecule has 26 heavy (non-hydrogen) atoms. The van der Waals surface area contributed by atoms with Gasteiger partial charge >= 0.3 is 0 Å². The number of fused-ring (bicyclic) bond motifs is 1. The Kier molecular flexibility index (Phi) is 4.50. The highest BCUT2D eigenvalue weighted by atomic mass is 32.1. The fourth-order valence-electron chi connectivity index (χ4n) is 4.11. The molecule has 4 heterocycles. The molecule has 2 fully saturated rings. The van der Waals surface area contributed by atoms with E-state index in [0.29, 0.717) is 12.0 Å². The highest BCUT2D eigenvalue weighted by molar-refractivity contribution is 7.12. The van der Waals surface area contributed by atoms with Gasteiger partial charge in [-0.05, 0) is 56.6 Å². The average molecular weight is 368 g/mol. The molecule has 3 N–H and O–H groups in total. The van der Waals surface area contributed by atoms with Crippen LogP contribution in [-0.4, -0.2) is 34.5 Å². The summed E-state index contributed by atoms with van der Waals surface area (Å²) in [6.45, 7) is 4.45. The Morgan fingerprint density at radius 1 is 1.08 bits per heavy atom. The first-order chi connectivity index (χ1) is 12.8. The quantitative estimate of drug-likeness (QED) is 0.660. The van der Waals surface area contributed by atoms with Crippen LogP contribution < -0.4 is 10.9 Å². The molecule has 3 aromatic rings. The predicted octanol–water partition coefficient (Wildman–Crippen LogP) is 3.54. The molecule has 0 bridgehead atoms. The van der Waals surface area contributed by atoms with Crippen molar-refractivity contribution < 1.29 is 0 Å². The number of hydrogen-bond donors (Lipinski definition) is 3. The number of nitrogens with one attached hydrogen (secondary N) is 3. The predicted molar refractivity (Wildman–Crippen MR) is 106 cm³/mol. The van der Waals surface area contributed by atoms with Crippen molar-refractivity contribution in [1.82, 2.24) is 25.7 Å². The monoisotopic (exact) mass is 367 g/mol. The minimum atomic E-state index is 0.493. The summed E-state index contributed by atoms with van der Waals surface area (Å²) < 4.78 is 0. The van der Waals surface area contributed by atoms with Crippen LogP contribution in [0.15, 0.2) is 36.4 Å². The first kappa shape index (κ1) is 16.4. The van der Waals surface area contributed by atoms with Crippen molar-refractivity contribution in [3.63, 3.8) is 0 Å². The lowest BCUT2D eigenvalue weighted by Crippen LogP contribution is -2.32. The third-order valence-electron chi connectivity index (χ3n) is 5.62. The molecule has 1 unspecified atom stereocenters. The molecule has 0 radical (unpaired) electrons. The molecule has 0 aliphatic carbocycles. The second-order valence-electron chi connectivity index (χ2n) is 7.41. The Bertz CT molecular complexity index is 838. The van der Waals surface area contributed by atoms with Gasteiger partial charge in [-0.2, -0.15) is 0 Å². The summed E-state index contributed by atoms with van der Waals surface area (Å²) in [5, 5.41) is 0. The van der Waals surface area contributed by atoms with Gasteiger partial charge in [0.15, 0.2) is 0 Å². The Balaban J connectivity index is 1.19.